The van der Waals surface area contributed by atoms with Crippen molar-refractivity contribution >= 4 is 5.91 Å². The maximum atomic E-state index is 12.9. The number of nitrogens with one attached hydrogen (secondary N) is 2. The van der Waals surface area contributed by atoms with E-state index in [1.807, 2.05) is 6.07 Å². The molecule has 0 aliphatic rings. The summed E-state index contributed by atoms with van der Waals surface area (Å²) >= 11 is 0. The largest absolute Gasteiger partial charge is 0.523 e. The molecule has 1 aromatic heterocycles. The van der Waals surface area contributed by atoms with Crippen LogP contribution in [0.4, 0.5) is 13.2 Å². The molecule has 0 aliphatic carbocycles. The number of ether oxygens (including phenoxy) is 1. The number of hydrogen-bond donors (Lipinski definition) is 2. The number of carbonyl (C=O) groups is 1. The average molecular weight is 430 g/mol. The van der Waals surface area contributed by atoms with Crippen LogP contribution in [0, 0.1) is 13.8 Å². The Balaban J connectivity index is 1.76. The van der Waals surface area contributed by atoms with Gasteiger partial charge in [0.15, 0.2) is 0 Å². The molecule has 1 amide bonds. The monoisotopic (exact) mass is 430 g/mol. The highest BCUT2D eigenvalue weighted by Crippen LogP contribution is 2.33. The van der Waals surface area contributed by atoms with Crippen molar-refractivity contribution in [3.8, 4) is 0 Å². The molecule has 8 heteroatoms. The topological polar surface area (TPSA) is 71.2 Å². The smallest absolute Gasteiger partial charge is 0.348 e. The number of amides is 1. The van der Waals surface area contributed by atoms with Crippen LogP contribution in [0.15, 0.2) is 65.5 Å². The van der Waals surface area contributed by atoms with E-state index < -0.39 is 18.4 Å². The predicted octanol–water partition coefficient (Wildman–Crippen LogP) is 4.55. The second kappa shape index (κ2) is 9.18. The second-order valence-corrected chi connectivity index (χ2v) is 7.10. The number of pyridine rings is 1. The van der Waals surface area contributed by atoms with Gasteiger partial charge in [-0.05, 0) is 48.7 Å². The first-order chi connectivity index (χ1) is 14.6. The van der Waals surface area contributed by atoms with E-state index in [1.54, 1.807) is 44.2 Å². The number of hydrogen-bond acceptors (Lipinski definition) is 3. The van der Waals surface area contributed by atoms with Crippen LogP contribution < -0.4 is 10.9 Å². The van der Waals surface area contributed by atoms with Crippen LogP contribution in [-0.4, -0.2) is 17.3 Å². The third-order valence-electron chi connectivity index (χ3n) is 4.75. The Bertz CT molecular complexity index is 1110. The minimum Gasteiger partial charge on any atom is -0.348 e. The number of H-pyrrole nitrogens is 1. The molecule has 0 spiro atoms. The lowest BCUT2D eigenvalue weighted by molar-refractivity contribution is -0.339. The molecule has 0 saturated carbocycles. The molecule has 0 radical (unpaired) electrons. The number of alkyl halides is 3. The van der Waals surface area contributed by atoms with Gasteiger partial charge in [0.1, 0.15) is 6.10 Å². The van der Waals surface area contributed by atoms with Crippen LogP contribution in [0.5, 0.6) is 0 Å². The highest BCUT2D eigenvalue weighted by atomic mass is 19.4. The maximum Gasteiger partial charge on any atom is 0.523 e. The van der Waals surface area contributed by atoms with Crippen molar-refractivity contribution in [2.24, 2.45) is 0 Å². The van der Waals surface area contributed by atoms with Crippen molar-refractivity contribution in [2.45, 2.75) is 32.9 Å². The van der Waals surface area contributed by atoms with Crippen molar-refractivity contribution in [2.75, 3.05) is 0 Å². The van der Waals surface area contributed by atoms with Crippen molar-refractivity contribution in [1.29, 1.82) is 0 Å². The van der Waals surface area contributed by atoms with Gasteiger partial charge in [-0.2, -0.15) is 0 Å². The first-order valence-electron chi connectivity index (χ1n) is 9.51. The van der Waals surface area contributed by atoms with Gasteiger partial charge in [-0.3, -0.25) is 14.3 Å². The molecule has 0 bridgehead atoms. The molecule has 5 nitrogen and oxygen atoms in total. The third kappa shape index (κ3) is 5.82. The van der Waals surface area contributed by atoms with Gasteiger partial charge in [-0.1, -0.05) is 42.5 Å². The fraction of sp³-hybridized carbons (Fsp3) is 0.217. The van der Waals surface area contributed by atoms with Gasteiger partial charge in [0, 0.05) is 23.4 Å². The van der Waals surface area contributed by atoms with Crippen LogP contribution in [0.2, 0.25) is 0 Å². The van der Waals surface area contributed by atoms with Gasteiger partial charge in [-0.15, -0.1) is 13.2 Å². The standard InChI is InChI=1S/C23H21F3N2O3/c1-14-12-15(2)28-22(30)19(14)13-27-21(29)18-10-8-17(9-11-18)20(31-23(24,25)26)16-6-4-3-5-7-16/h3-12,20H,13H2,1-2H3,(H,27,29)(H,28,30)/t20-/m1/s1. The summed E-state index contributed by atoms with van der Waals surface area (Å²) in [7, 11) is 0. The Labute approximate surface area is 176 Å². The lowest BCUT2D eigenvalue weighted by Gasteiger charge is -2.20. The Morgan fingerprint density at radius 3 is 2.23 bits per heavy atom. The van der Waals surface area contributed by atoms with E-state index in [9.17, 15) is 22.8 Å². The van der Waals surface area contributed by atoms with Crippen molar-refractivity contribution in [3.63, 3.8) is 0 Å². The minimum absolute atomic E-state index is 0.0336. The van der Waals surface area contributed by atoms with E-state index in [4.69, 9.17) is 0 Å². The molecular weight excluding hydrogens is 409 g/mol. The Morgan fingerprint density at radius 2 is 1.65 bits per heavy atom. The summed E-state index contributed by atoms with van der Waals surface area (Å²) in [4.78, 5) is 27.2. The van der Waals surface area contributed by atoms with Crippen LogP contribution in [0.1, 0.15) is 44.4 Å². The summed E-state index contributed by atoms with van der Waals surface area (Å²) in [6, 6.07) is 15.5. The predicted molar refractivity (Wildman–Crippen MR) is 110 cm³/mol. The summed E-state index contributed by atoms with van der Waals surface area (Å²) < 4.78 is 43.1. The summed E-state index contributed by atoms with van der Waals surface area (Å²) in [5, 5.41) is 2.66. The summed E-state index contributed by atoms with van der Waals surface area (Å²) in [6.07, 6.45) is -6.18. The average Bonchev–Trinajstić information content (AvgIpc) is 2.71. The fourth-order valence-electron chi connectivity index (χ4n) is 3.27. The van der Waals surface area contributed by atoms with Gasteiger partial charge in [0.2, 0.25) is 0 Å². The molecule has 2 aromatic carbocycles. The lowest BCUT2D eigenvalue weighted by atomic mass is 10.00. The zero-order valence-electron chi connectivity index (χ0n) is 16.9. The Morgan fingerprint density at radius 1 is 1.03 bits per heavy atom. The molecule has 2 N–H and O–H groups in total. The summed E-state index contributed by atoms with van der Waals surface area (Å²) in [6.45, 7) is 3.58. The molecule has 1 heterocycles. The number of aryl methyl sites for hydroxylation is 2. The van der Waals surface area contributed by atoms with Gasteiger partial charge in [0.05, 0.1) is 0 Å². The minimum atomic E-state index is -4.82. The SMILES string of the molecule is Cc1cc(C)c(CNC(=O)c2ccc([C@H](OC(F)(F)F)c3ccccc3)cc2)c(=O)[nH]1. The van der Waals surface area contributed by atoms with Gasteiger partial charge >= 0.3 is 6.36 Å². The Hall–Kier alpha value is -3.39. The first-order valence-corrected chi connectivity index (χ1v) is 9.51. The Kier molecular flexibility index (Phi) is 6.60. The van der Waals surface area contributed by atoms with Crippen LogP contribution in [0.25, 0.3) is 0 Å². The quantitative estimate of drug-likeness (QED) is 0.603. The van der Waals surface area contributed by atoms with Crippen molar-refractivity contribution in [3.05, 3.63) is 105 Å². The highest BCUT2D eigenvalue weighted by molar-refractivity contribution is 5.94. The second-order valence-electron chi connectivity index (χ2n) is 7.10. The van der Waals surface area contributed by atoms with Crippen LogP contribution >= 0.6 is 0 Å². The van der Waals surface area contributed by atoms with Crippen molar-refractivity contribution in [1.82, 2.24) is 10.3 Å². The maximum absolute atomic E-state index is 12.9. The van der Waals surface area contributed by atoms with Gasteiger partial charge in [0.25, 0.3) is 11.5 Å². The fourth-order valence-corrected chi connectivity index (χ4v) is 3.27. The van der Waals surface area contributed by atoms with Crippen LogP contribution in [-0.2, 0) is 11.3 Å². The van der Waals surface area contributed by atoms with Gasteiger partial charge < -0.3 is 10.3 Å². The molecule has 31 heavy (non-hydrogen) atoms. The summed E-state index contributed by atoms with van der Waals surface area (Å²) in [5.74, 6) is -0.445. The number of benzene rings is 2. The lowest BCUT2D eigenvalue weighted by Crippen LogP contribution is -2.28. The number of halogens is 3. The zero-order chi connectivity index (χ0) is 22.6. The molecule has 0 unspecified atom stereocenters. The molecule has 0 fully saturated rings. The first kappa shape index (κ1) is 22.3. The molecule has 162 valence electrons. The third-order valence-corrected chi connectivity index (χ3v) is 4.75. The highest BCUT2D eigenvalue weighted by Gasteiger charge is 2.35. The molecule has 0 aliphatic heterocycles. The molecular formula is C23H21F3N2O3. The van der Waals surface area contributed by atoms with E-state index in [1.165, 1.54) is 24.3 Å². The number of rotatable bonds is 6. The number of aromatic nitrogens is 1. The summed E-state index contributed by atoms with van der Waals surface area (Å²) in [5.41, 5.74) is 2.50. The normalized spacial score (nSPS) is 12.4. The van der Waals surface area contributed by atoms with Crippen molar-refractivity contribution < 1.29 is 22.7 Å². The van der Waals surface area contributed by atoms with E-state index in [2.05, 4.69) is 15.0 Å². The van der Waals surface area contributed by atoms with E-state index >= 15 is 0 Å². The van der Waals surface area contributed by atoms with E-state index in [-0.39, 0.29) is 23.2 Å². The molecule has 3 aromatic rings. The molecule has 0 saturated heterocycles. The van der Waals surface area contributed by atoms with Gasteiger partial charge in [-0.25, -0.2) is 0 Å². The number of aromatic amines is 1. The molecule has 1 atom stereocenters. The van der Waals surface area contributed by atoms with E-state index in [0.717, 1.165) is 11.3 Å². The van der Waals surface area contributed by atoms with E-state index in [0.29, 0.717) is 11.1 Å². The molecule has 3 rings (SSSR count). The number of carbonyl (C=O) groups excluding carboxylic acids is 1. The zero-order valence-corrected chi connectivity index (χ0v) is 16.9. The van der Waals surface area contributed by atoms with Crippen LogP contribution in [0.3, 0.4) is 0 Å².